The Morgan fingerprint density at radius 1 is 1.38 bits per heavy atom. The van der Waals surface area contributed by atoms with Gasteiger partial charge in [0.2, 0.25) is 5.91 Å². The van der Waals surface area contributed by atoms with Crippen molar-refractivity contribution in [2.45, 2.75) is 24.2 Å². The van der Waals surface area contributed by atoms with Gasteiger partial charge in [0.15, 0.2) is 0 Å². The highest BCUT2D eigenvalue weighted by Crippen LogP contribution is 2.27. The normalized spacial score (nSPS) is 18.5. The monoisotopic (exact) mass is 327 g/mol. The number of carbonyl (C=O) groups is 2. The maximum absolute atomic E-state index is 12.1. The van der Waals surface area contributed by atoms with Crippen LogP contribution in [0.3, 0.4) is 0 Å². The van der Waals surface area contributed by atoms with Gasteiger partial charge < -0.3 is 10.0 Å². The van der Waals surface area contributed by atoms with Gasteiger partial charge in [0, 0.05) is 30.2 Å². The minimum atomic E-state index is -0.807. The molecule has 6 heteroatoms. The van der Waals surface area contributed by atoms with Gasteiger partial charge in [0.1, 0.15) is 0 Å². The van der Waals surface area contributed by atoms with Gasteiger partial charge >= 0.3 is 5.97 Å². The third kappa shape index (κ3) is 4.64. The molecule has 1 saturated heterocycles. The van der Waals surface area contributed by atoms with Crippen LogP contribution in [0.15, 0.2) is 29.2 Å². The molecule has 0 spiro atoms. The first-order chi connectivity index (χ1) is 10.1. The van der Waals surface area contributed by atoms with Crippen LogP contribution < -0.4 is 0 Å². The summed E-state index contributed by atoms with van der Waals surface area (Å²) >= 11 is 7.61. The lowest BCUT2D eigenvalue weighted by Crippen LogP contribution is -2.42. The van der Waals surface area contributed by atoms with Crippen LogP contribution in [0, 0.1) is 5.92 Å². The molecule has 0 unspecified atom stereocenters. The van der Waals surface area contributed by atoms with Gasteiger partial charge in [-0.2, -0.15) is 0 Å². The third-order valence-electron chi connectivity index (χ3n) is 3.53. The van der Waals surface area contributed by atoms with Gasteiger partial charge in [-0.1, -0.05) is 23.7 Å². The maximum atomic E-state index is 12.1. The topological polar surface area (TPSA) is 57.6 Å². The van der Waals surface area contributed by atoms with Gasteiger partial charge in [-0.05, 0) is 25.0 Å². The Hall–Kier alpha value is -1.20. The zero-order chi connectivity index (χ0) is 15.2. The van der Waals surface area contributed by atoms with E-state index in [1.54, 1.807) is 16.7 Å². The molecule has 1 fully saturated rings. The van der Waals surface area contributed by atoms with Crippen molar-refractivity contribution in [3.8, 4) is 0 Å². The van der Waals surface area contributed by atoms with Crippen LogP contribution in [0.25, 0.3) is 0 Å². The van der Waals surface area contributed by atoms with Crippen molar-refractivity contribution in [1.82, 2.24) is 4.90 Å². The second-order valence-electron chi connectivity index (χ2n) is 5.05. The standard InChI is InChI=1S/C15H18ClNO3S/c16-12-5-1-2-6-13(12)21-9-7-14(18)17-8-3-4-11(10-17)15(19)20/h1-2,5-6,11H,3-4,7-10H2,(H,19,20)/t11-/m1/s1. The van der Waals surface area contributed by atoms with Crippen LogP contribution in [-0.2, 0) is 9.59 Å². The van der Waals surface area contributed by atoms with Crippen LogP contribution >= 0.6 is 23.4 Å². The van der Waals surface area contributed by atoms with E-state index in [0.717, 1.165) is 11.3 Å². The molecule has 0 saturated carbocycles. The lowest BCUT2D eigenvalue weighted by molar-refractivity contribution is -0.145. The number of hydrogen-bond donors (Lipinski definition) is 1. The summed E-state index contributed by atoms with van der Waals surface area (Å²) in [7, 11) is 0. The minimum absolute atomic E-state index is 0.0282. The number of carboxylic acids is 1. The molecule has 4 nitrogen and oxygen atoms in total. The van der Waals surface area contributed by atoms with E-state index in [0.29, 0.717) is 36.7 Å². The number of piperidine rings is 1. The summed E-state index contributed by atoms with van der Waals surface area (Å²) < 4.78 is 0. The fourth-order valence-corrected chi connectivity index (χ4v) is 3.55. The maximum Gasteiger partial charge on any atom is 0.308 e. The first kappa shape index (κ1) is 16.2. The number of rotatable bonds is 5. The van der Waals surface area contributed by atoms with Crippen LogP contribution in [0.5, 0.6) is 0 Å². The molecule has 0 aliphatic carbocycles. The Morgan fingerprint density at radius 2 is 2.14 bits per heavy atom. The van der Waals surface area contributed by atoms with Gasteiger partial charge in [-0.3, -0.25) is 9.59 Å². The molecule has 0 aromatic heterocycles. The van der Waals surface area contributed by atoms with Crippen molar-refractivity contribution >= 4 is 35.2 Å². The number of halogens is 1. The Morgan fingerprint density at radius 3 is 2.86 bits per heavy atom. The summed E-state index contributed by atoms with van der Waals surface area (Å²) in [6.45, 7) is 1.00. The van der Waals surface area contributed by atoms with Crippen LogP contribution in [0.4, 0.5) is 0 Å². The fourth-order valence-electron chi connectivity index (χ4n) is 2.37. The van der Waals surface area contributed by atoms with Crippen LogP contribution in [0.2, 0.25) is 5.02 Å². The summed E-state index contributed by atoms with van der Waals surface area (Å²) in [5.74, 6) is -0.547. The number of hydrogen-bond acceptors (Lipinski definition) is 3. The number of benzene rings is 1. The minimum Gasteiger partial charge on any atom is -0.481 e. The Labute approximate surface area is 133 Å². The molecule has 1 atom stereocenters. The molecule has 1 aromatic rings. The predicted molar refractivity (Wildman–Crippen MR) is 83.7 cm³/mol. The molecule has 0 radical (unpaired) electrons. The lowest BCUT2D eigenvalue weighted by Gasteiger charge is -2.30. The molecule has 1 N–H and O–H groups in total. The molecule has 1 heterocycles. The van der Waals surface area contributed by atoms with Crippen molar-refractivity contribution in [2.75, 3.05) is 18.8 Å². The highest BCUT2D eigenvalue weighted by Gasteiger charge is 2.27. The molecule has 2 rings (SSSR count). The molecular formula is C15H18ClNO3S. The Balaban J connectivity index is 1.79. The first-order valence-corrected chi connectivity index (χ1v) is 8.32. The Kier molecular flexibility index (Phi) is 5.94. The third-order valence-corrected chi connectivity index (χ3v) is 5.05. The molecule has 0 bridgehead atoms. The molecule has 1 aliphatic rings. The van der Waals surface area contributed by atoms with Gasteiger partial charge in [-0.25, -0.2) is 0 Å². The van der Waals surface area contributed by atoms with Crippen LogP contribution in [-0.4, -0.2) is 40.7 Å². The van der Waals surface area contributed by atoms with E-state index in [-0.39, 0.29) is 5.91 Å². The number of amides is 1. The largest absolute Gasteiger partial charge is 0.481 e. The van der Waals surface area contributed by atoms with E-state index >= 15 is 0 Å². The molecule has 1 amide bonds. The average Bonchev–Trinajstić information content (AvgIpc) is 2.49. The highest BCUT2D eigenvalue weighted by atomic mass is 35.5. The molecule has 1 aliphatic heterocycles. The number of carboxylic acid groups (broad SMARTS) is 1. The molecule has 21 heavy (non-hydrogen) atoms. The zero-order valence-corrected chi connectivity index (χ0v) is 13.2. The smallest absolute Gasteiger partial charge is 0.308 e. The molecule has 114 valence electrons. The number of carbonyl (C=O) groups excluding carboxylic acids is 1. The number of aliphatic carboxylic acids is 1. The summed E-state index contributed by atoms with van der Waals surface area (Å²) in [5.41, 5.74) is 0. The Bertz CT molecular complexity index is 523. The van der Waals surface area contributed by atoms with Crippen molar-refractivity contribution in [3.05, 3.63) is 29.3 Å². The zero-order valence-electron chi connectivity index (χ0n) is 11.6. The summed E-state index contributed by atoms with van der Waals surface area (Å²) in [6.07, 6.45) is 1.83. The summed E-state index contributed by atoms with van der Waals surface area (Å²) in [4.78, 5) is 25.8. The van der Waals surface area contributed by atoms with Crippen molar-refractivity contribution in [3.63, 3.8) is 0 Å². The second-order valence-corrected chi connectivity index (χ2v) is 6.59. The lowest BCUT2D eigenvalue weighted by atomic mass is 9.98. The quantitative estimate of drug-likeness (QED) is 0.844. The van der Waals surface area contributed by atoms with E-state index in [9.17, 15) is 9.59 Å². The van der Waals surface area contributed by atoms with E-state index in [1.807, 2.05) is 24.3 Å². The van der Waals surface area contributed by atoms with Gasteiger partial charge in [-0.15, -0.1) is 11.8 Å². The second kappa shape index (κ2) is 7.71. The number of nitrogens with zero attached hydrogens (tertiary/aromatic N) is 1. The van der Waals surface area contributed by atoms with Crippen molar-refractivity contribution in [1.29, 1.82) is 0 Å². The van der Waals surface area contributed by atoms with E-state index in [1.165, 1.54) is 0 Å². The van der Waals surface area contributed by atoms with Crippen molar-refractivity contribution in [2.24, 2.45) is 5.92 Å². The summed E-state index contributed by atoms with van der Waals surface area (Å²) in [5, 5.41) is 9.73. The highest BCUT2D eigenvalue weighted by molar-refractivity contribution is 7.99. The molecule has 1 aromatic carbocycles. The van der Waals surface area contributed by atoms with E-state index in [2.05, 4.69) is 0 Å². The van der Waals surface area contributed by atoms with Gasteiger partial charge in [0.05, 0.1) is 10.9 Å². The summed E-state index contributed by atoms with van der Waals surface area (Å²) in [6, 6.07) is 7.54. The SMILES string of the molecule is O=C(O)[C@@H]1CCCN(C(=O)CCSc2ccccc2Cl)C1. The van der Waals surface area contributed by atoms with E-state index < -0.39 is 11.9 Å². The molecular weight excluding hydrogens is 310 g/mol. The van der Waals surface area contributed by atoms with Gasteiger partial charge in [0.25, 0.3) is 0 Å². The van der Waals surface area contributed by atoms with Crippen molar-refractivity contribution < 1.29 is 14.7 Å². The van der Waals surface area contributed by atoms with Crippen LogP contribution in [0.1, 0.15) is 19.3 Å². The number of thioether (sulfide) groups is 1. The van der Waals surface area contributed by atoms with E-state index in [4.69, 9.17) is 16.7 Å². The number of likely N-dealkylation sites (tertiary alicyclic amines) is 1. The average molecular weight is 328 g/mol. The fraction of sp³-hybridized carbons (Fsp3) is 0.467. The predicted octanol–water partition coefficient (Wildman–Crippen LogP) is 3.15. The first-order valence-electron chi connectivity index (χ1n) is 6.96.